The van der Waals surface area contributed by atoms with E-state index in [9.17, 15) is 17.6 Å². The molecule has 2 N–H and O–H groups in total. The van der Waals surface area contributed by atoms with Gasteiger partial charge in [-0.25, -0.2) is 22.8 Å². The minimum Gasteiger partial charge on any atom is -0.379 e. The number of hydrogen-bond donors (Lipinski definition) is 2. The van der Waals surface area contributed by atoms with Crippen molar-refractivity contribution in [1.82, 2.24) is 24.5 Å². The van der Waals surface area contributed by atoms with E-state index < -0.39 is 27.8 Å². The number of morpholine rings is 1. The Bertz CT molecular complexity index is 1450. The summed E-state index contributed by atoms with van der Waals surface area (Å²) in [5.74, 6) is -0.481. The Balaban J connectivity index is 1.29. The Morgan fingerprint density at radius 2 is 1.78 bits per heavy atom. The number of rotatable bonds is 10. The fourth-order valence-electron chi connectivity index (χ4n) is 4.91. The lowest BCUT2D eigenvalue weighted by molar-refractivity contribution is -0.124. The van der Waals surface area contributed by atoms with Crippen LogP contribution >= 0.6 is 15.9 Å². The maximum Gasteiger partial charge on any atom is 0.243 e. The van der Waals surface area contributed by atoms with Crippen LogP contribution < -0.4 is 10.6 Å². The zero-order valence-electron chi connectivity index (χ0n) is 22.4. The predicted octanol–water partition coefficient (Wildman–Crippen LogP) is 3.26. The van der Waals surface area contributed by atoms with Gasteiger partial charge in [-0.2, -0.15) is 4.31 Å². The molecule has 5 rings (SSSR count). The molecule has 2 aromatic carbocycles. The molecule has 3 aromatic rings. The highest BCUT2D eigenvalue weighted by atomic mass is 79.9. The van der Waals surface area contributed by atoms with Gasteiger partial charge in [0.1, 0.15) is 11.9 Å². The Labute approximate surface area is 247 Å². The lowest BCUT2D eigenvalue weighted by atomic mass is 10.1. The van der Waals surface area contributed by atoms with Gasteiger partial charge in [0.05, 0.1) is 36.0 Å². The van der Waals surface area contributed by atoms with Crippen molar-refractivity contribution in [2.75, 3.05) is 51.3 Å². The number of aromatic nitrogens is 2. The van der Waals surface area contributed by atoms with Crippen molar-refractivity contribution >= 4 is 37.8 Å². The fourth-order valence-corrected chi connectivity index (χ4v) is 6.83. The number of carbonyl (C=O) groups excluding carboxylic acids is 1. The van der Waals surface area contributed by atoms with Crippen LogP contribution in [0.1, 0.15) is 18.5 Å². The molecule has 218 valence electrons. The maximum atomic E-state index is 13.4. The van der Waals surface area contributed by atoms with Crippen LogP contribution in [0.4, 0.5) is 10.3 Å². The monoisotopic (exact) mass is 646 g/mol. The van der Waals surface area contributed by atoms with E-state index in [0.717, 1.165) is 55.0 Å². The van der Waals surface area contributed by atoms with Crippen molar-refractivity contribution in [2.24, 2.45) is 0 Å². The highest BCUT2D eigenvalue weighted by Gasteiger charge is 2.39. The Hall–Kier alpha value is -2.97. The molecule has 0 aliphatic carbocycles. The van der Waals surface area contributed by atoms with Crippen LogP contribution in [0.25, 0.3) is 11.3 Å². The van der Waals surface area contributed by atoms with E-state index in [1.54, 1.807) is 0 Å². The minimum atomic E-state index is -3.95. The van der Waals surface area contributed by atoms with E-state index in [0.29, 0.717) is 36.7 Å². The molecule has 0 saturated carbocycles. The molecule has 0 radical (unpaired) electrons. The van der Waals surface area contributed by atoms with Gasteiger partial charge in [-0.1, -0.05) is 28.1 Å². The third kappa shape index (κ3) is 7.46. The van der Waals surface area contributed by atoms with Crippen LogP contribution in [0.5, 0.6) is 0 Å². The molecular weight excluding hydrogens is 615 g/mol. The van der Waals surface area contributed by atoms with Crippen LogP contribution in [-0.4, -0.2) is 85.5 Å². The Kier molecular flexibility index (Phi) is 9.60. The van der Waals surface area contributed by atoms with Crippen molar-refractivity contribution in [3.05, 3.63) is 70.6 Å². The van der Waals surface area contributed by atoms with Gasteiger partial charge in [-0.3, -0.25) is 9.69 Å². The smallest absolute Gasteiger partial charge is 0.243 e. The van der Waals surface area contributed by atoms with Crippen molar-refractivity contribution in [3.8, 4) is 11.3 Å². The number of nitrogens with one attached hydrogen (secondary N) is 2. The first-order valence-corrected chi connectivity index (χ1v) is 15.8. The molecule has 3 heterocycles. The van der Waals surface area contributed by atoms with Crippen molar-refractivity contribution in [2.45, 2.75) is 30.3 Å². The van der Waals surface area contributed by atoms with Gasteiger partial charge >= 0.3 is 0 Å². The molecule has 41 heavy (non-hydrogen) atoms. The summed E-state index contributed by atoms with van der Waals surface area (Å²) >= 11 is 3.46. The number of ether oxygens (including phenoxy) is 1. The second-order valence-electron chi connectivity index (χ2n) is 9.90. The molecule has 13 heteroatoms. The zero-order chi connectivity index (χ0) is 28.8. The lowest BCUT2D eigenvalue weighted by Crippen LogP contribution is -2.45. The number of halogens is 2. The molecule has 2 fully saturated rings. The molecule has 0 bridgehead atoms. The SMILES string of the molecule is O=C(NCc1cc(-c2ccc(Br)cc2)nc(NCCN2CCOCC2)n1)C1CCCN1S(=O)(=O)c1ccc(F)cc1. The summed E-state index contributed by atoms with van der Waals surface area (Å²) in [6.07, 6.45) is 0.950. The van der Waals surface area contributed by atoms with E-state index >= 15 is 0 Å². The Morgan fingerprint density at radius 1 is 1.05 bits per heavy atom. The summed E-state index contributed by atoms with van der Waals surface area (Å²) in [6, 6.07) is 13.4. The zero-order valence-corrected chi connectivity index (χ0v) is 24.8. The molecule has 2 aliphatic heterocycles. The summed E-state index contributed by atoms with van der Waals surface area (Å²) in [4.78, 5) is 24.8. The number of amides is 1. The van der Waals surface area contributed by atoms with Crippen LogP contribution in [0.15, 0.2) is 64.0 Å². The molecule has 1 amide bonds. The van der Waals surface area contributed by atoms with Crippen molar-refractivity contribution < 1.29 is 22.3 Å². The number of nitrogens with zero attached hydrogens (tertiary/aromatic N) is 4. The van der Waals surface area contributed by atoms with Gasteiger partial charge in [0.25, 0.3) is 0 Å². The molecule has 1 aromatic heterocycles. The standard InChI is InChI=1S/C28H32BrFN6O4S/c29-21-5-3-20(4-6-21)25-18-23(33-28(34-25)31-11-13-35-14-16-40-17-15-35)19-32-27(37)26-2-1-12-36(26)41(38,39)24-9-7-22(30)8-10-24/h3-10,18,26H,1-2,11-17,19H2,(H,32,37)(H,31,33,34). The van der Waals surface area contributed by atoms with Gasteiger partial charge < -0.3 is 15.4 Å². The topological polar surface area (TPSA) is 117 Å². The quantitative estimate of drug-likeness (QED) is 0.345. The third-order valence-electron chi connectivity index (χ3n) is 7.10. The number of sulfonamides is 1. The highest BCUT2D eigenvalue weighted by Crippen LogP contribution is 2.27. The third-order valence-corrected chi connectivity index (χ3v) is 9.56. The fraction of sp³-hybridized carbons (Fsp3) is 0.393. The van der Waals surface area contributed by atoms with Gasteiger partial charge in [0.15, 0.2) is 0 Å². The normalized spacial score (nSPS) is 18.3. The molecule has 0 spiro atoms. The first-order chi connectivity index (χ1) is 19.8. The minimum absolute atomic E-state index is 0.0404. The van der Waals surface area contributed by atoms with Gasteiger partial charge in [0, 0.05) is 42.8 Å². The average molecular weight is 648 g/mol. The number of anilines is 1. The first-order valence-electron chi connectivity index (χ1n) is 13.5. The van der Waals surface area contributed by atoms with Crippen LogP contribution in [0.3, 0.4) is 0 Å². The van der Waals surface area contributed by atoms with Gasteiger partial charge in [0.2, 0.25) is 21.9 Å². The van der Waals surface area contributed by atoms with E-state index in [-0.39, 0.29) is 18.0 Å². The molecule has 1 atom stereocenters. The summed E-state index contributed by atoms with van der Waals surface area (Å²) in [6.45, 7) is 5.00. The Morgan fingerprint density at radius 3 is 2.51 bits per heavy atom. The van der Waals surface area contributed by atoms with E-state index in [2.05, 4.69) is 36.4 Å². The van der Waals surface area contributed by atoms with Crippen LogP contribution in [0, 0.1) is 5.82 Å². The largest absolute Gasteiger partial charge is 0.379 e. The van der Waals surface area contributed by atoms with Gasteiger partial charge in [-0.05, 0) is 55.3 Å². The van der Waals surface area contributed by atoms with E-state index in [1.165, 1.54) is 16.4 Å². The summed E-state index contributed by atoms with van der Waals surface area (Å²) in [7, 11) is -3.95. The summed E-state index contributed by atoms with van der Waals surface area (Å²) in [5.41, 5.74) is 2.19. The molecule has 2 saturated heterocycles. The second-order valence-corrected chi connectivity index (χ2v) is 12.7. The highest BCUT2D eigenvalue weighted by molar-refractivity contribution is 9.10. The number of hydrogen-bond acceptors (Lipinski definition) is 8. The van der Waals surface area contributed by atoms with Crippen LogP contribution in [0.2, 0.25) is 0 Å². The van der Waals surface area contributed by atoms with Crippen molar-refractivity contribution in [1.29, 1.82) is 0 Å². The van der Waals surface area contributed by atoms with E-state index in [4.69, 9.17) is 9.72 Å². The van der Waals surface area contributed by atoms with Crippen molar-refractivity contribution in [3.63, 3.8) is 0 Å². The molecular formula is C28H32BrFN6O4S. The lowest BCUT2D eigenvalue weighted by Gasteiger charge is -2.26. The number of carbonyl (C=O) groups is 1. The molecule has 1 unspecified atom stereocenters. The molecule has 2 aliphatic rings. The van der Waals surface area contributed by atoms with E-state index in [1.807, 2.05) is 30.3 Å². The summed E-state index contributed by atoms with van der Waals surface area (Å²) < 4.78 is 47.3. The predicted molar refractivity (Wildman–Crippen MR) is 156 cm³/mol. The average Bonchev–Trinajstić information content (AvgIpc) is 3.48. The second kappa shape index (κ2) is 13.3. The maximum absolute atomic E-state index is 13.4. The number of benzene rings is 2. The molecule has 10 nitrogen and oxygen atoms in total. The first kappa shape index (κ1) is 29.5. The van der Waals surface area contributed by atoms with Crippen LogP contribution in [-0.2, 0) is 26.1 Å². The van der Waals surface area contributed by atoms with Gasteiger partial charge in [-0.15, -0.1) is 0 Å². The summed E-state index contributed by atoms with van der Waals surface area (Å²) in [5, 5.41) is 6.18.